The van der Waals surface area contributed by atoms with Crippen molar-refractivity contribution in [3.8, 4) is 34.0 Å². The lowest BCUT2D eigenvalue weighted by Gasteiger charge is -2.20. The lowest BCUT2D eigenvalue weighted by atomic mass is 10.0. The van der Waals surface area contributed by atoms with E-state index < -0.39 is 0 Å². The molecule has 3 aromatic heterocycles. The summed E-state index contributed by atoms with van der Waals surface area (Å²) in [5, 5.41) is 0. The molecule has 0 aliphatic rings. The van der Waals surface area contributed by atoms with Crippen LogP contribution in [0.3, 0.4) is 0 Å². The third kappa shape index (κ3) is 4.71. The normalized spacial score (nSPS) is 11.8. The van der Waals surface area contributed by atoms with E-state index in [1.807, 2.05) is 65.2 Å². The second-order valence-electron chi connectivity index (χ2n) is 9.03. The molecule has 5 nitrogen and oxygen atoms in total. The van der Waals surface area contributed by atoms with Gasteiger partial charge in [0.1, 0.15) is 17.0 Å². The molecular formula is C26H29N3O2. The highest BCUT2D eigenvalue weighted by Gasteiger charge is 2.14. The molecule has 0 aliphatic carbocycles. The van der Waals surface area contributed by atoms with Gasteiger partial charge in [-0.2, -0.15) is 0 Å². The second kappa shape index (κ2) is 8.06. The number of benzene rings is 1. The van der Waals surface area contributed by atoms with Crippen LogP contribution in [0.25, 0.3) is 28.0 Å². The highest BCUT2D eigenvalue weighted by Crippen LogP contribution is 2.29. The summed E-state index contributed by atoms with van der Waals surface area (Å²) in [6, 6.07) is 14.2. The van der Waals surface area contributed by atoms with Crippen LogP contribution in [0.15, 0.2) is 61.1 Å². The molecular weight excluding hydrogens is 386 g/mol. The van der Waals surface area contributed by atoms with Gasteiger partial charge in [0.2, 0.25) is 5.88 Å². The topological polar surface area (TPSA) is 48.7 Å². The summed E-state index contributed by atoms with van der Waals surface area (Å²) >= 11 is 0. The predicted molar refractivity (Wildman–Crippen MR) is 125 cm³/mol. The minimum atomic E-state index is -0.273. The Morgan fingerprint density at radius 3 is 2.23 bits per heavy atom. The zero-order valence-corrected chi connectivity index (χ0v) is 19.0. The minimum absolute atomic E-state index is 0.154. The molecule has 3 heterocycles. The molecule has 0 aliphatic heterocycles. The highest BCUT2D eigenvalue weighted by atomic mass is 16.5. The quantitative estimate of drug-likeness (QED) is 0.382. The van der Waals surface area contributed by atoms with E-state index >= 15 is 0 Å². The van der Waals surface area contributed by atoms with Crippen molar-refractivity contribution in [2.45, 2.75) is 53.2 Å². The van der Waals surface area contributed by atoms with Crippen molar-refractivity contribution >= 4 is 5.65 Å². The number of ether oxygens (including phenoxy) is 2. The van der Waals surface area contributed by atoms with Gasteiger partial charge < -0.3 is 9.47 Å². The molecule has 0 unspecified atom stereocenters. The Balaban J connectivity index is 1.69. The Morgan fingerprint density at radius 2 is 1.61 bits per heavy atom. The van der Waals surface area contributed by atoms with Gasteiger partial charge in [-0.05, 0) is 83.5 Å². The number of fused-ring (bicyclic) bond motifs is 1. The zero-order chi connectivity index (χ0) is 22.2. The van der Waals surface area contributed by atoms with Gasteiger partial charge in [0, 0.05) is 35.2 Å². The van der Waals surface area contributed by atoms with Gasteiger partial charge >= 0.3 is 0 Å². The van der Waals surface area contributed by atoms with Crippen LogP contribution < -0.4 is 9.47 Å². The summed E-state index contributed by atoms with van der Waals surface area (Å²) < 4.78 is 13.7. The number of hydrogen-bond donors (Lipinski definition) is 0. The number of rotatable bonds is 5. The maximum absolute atomic E-state index is 5.85. The van der Waals surface area contributed by atoms with E-state index in [9.17, 15) is 0 Å². The Hall–Kier alpha value is -3.34. The molecule has 5 heteroatoms. The van der Waals surface area contributed by atoms with Crippen LogP contribution in [0.2, 0.25) is 0 Å². The van der Waals surface area contributed by atoms with Gasteiger partial charge in [-0.3, -0.25) is 4.40 Å². The Morgan fingerprint density at radius 1 is 0.903 bits per heavy atom. The summed E-state index contributed by atoms with van der Waals surface area (Å²) in [5.74, 6) is 1.50. The SMILES string of the molecule is Cc1cc2ncc(-c3ccc(OC(C)C)cc3)n2cc1-c1ccc(OC(C)(C)C)nc1. The maximum atomic E-state index is 5.85. The molecule has 4 rings (SSSR count). The largest absolute Gasteiger partial charge is 0.491 e. The molecule has 0 fully saturated rings. The molecule has 4 aromatic rings. The van der Waals surface area contributed by atoms with Crippen LogP contribution in [0.1, 0.15) is 40.2 Å². The molecule has 0 radical (unpaired) electrons. The van der Waals surface area contributed by atoms with Crippen molar-refractivity contribution in [3.05, 3.63) is 66.6 Å². The smallest absolute Gasteiger partial charge is 0.213 e. The monoisotopic (exact) mass is 415 g/mol. The number of pyridine rings is 2. The molecule has 0 N–H and O–H groups in total. The van der Waals surface area contributed by atoms with Crippen LogP contribution in [-0.4, -0.2) is 26.1 Å². The first-order valence-corrected chi connectivity index (χ1v) is 10.6. The molecule has 31 heavy (non-hydrogen) atoms. The molecule has 0 saturated carbocycles. The van der Waals surface area contributed by atoms with Gasteiger partial charge in [-0.1, -0.05) is 0 Å². The van der Waals surface area contributed by atoms with E-state index in [1.54, 1.807) is 0 Å². The van der Waals surface area contributed by atoms with Crippen LogP contribution in [-0.2, 0) is 0 Å². The lowest BCUT2D eigenvalue weighted by Crippen LogP contribution is -2.23. The fourth-order valence-corrected chi connectivity index (χ4v) is 3.53. The van der Waals surface area contributed by atoms with Gasteiger partial charge in [0.25, 0.3) is 0 Å². The van der Waals surface area contributed by atoms with E-state index in [1.165, 1.54) is 0 Å². The van der Waals surface area contributed by atoms with Crippen LogP contribution in [0, 0.1) is 6.92 Å². The molecule has 160 valence electrons. The van der Waals surface area contributed by atoms with Gasteiger partial charge in [0.05, 0.1) is 18.0 Å². The fourth-order valence-electron chi connectivity index (χ4n) is 3.53. The lowest BCUT2D eigenvalue weighted by molar-refractivity contribution is 0.124. The summed E-state index contributed by atoms with van der Waals surface area (Å²) in [6.45, 7) is 12.2. The Kier molecular flexibility index (Phi) is 5.44. The van der Waals surface area contributed by atoms with E-state index in [2.05, 4.69) is 51.8 Å². The van der Waals surface area contributed by atoms with E-state index in [-0.39, 0.29) is 11.7 Å². The standard InChI is InChI=1S/C26H29N3O2/c1-17(2)30-21-10-7-19(8-11-21)23-15-27-24-13-18(3)22(16-29(23)24)20-9-12-25(28-14-20)31-26(4,5)6/h7-17H,1-6H3. The number of nitrogens with zero attached hydrogens (tertiary/aromatic N) is 3. The second-order valence-corrected chi connectivity index (χ2v) is 9.03. The average Bonchev–Trinajstić information content (AvgIpc) is 3.09. The van der Waals surface area contributed by atoms with Crippen LogP contribution >= 0.6 is 0 Å². The number of aromatic nitrogens is 3. The van der Waals surface area contributed by atoms with E-state index in [4.69, 9.17) is 9.47 Å². The molecule has 1 aromatic carbocycles. The molecule has 0 bridgehead atoms. The van der Waals surface area contributed by atoms with Crippen LogP contribution in [0.4, 0.5) is 0 Å². The van der Waals surface area contributed by atoms with Crippen LogP contribution in [0.5, 0.6) is 11.6 Å². The third-order valence-electron chi connectivity index (χ3n) is 4.83. The summed E-state index contributed by atoms with van der Waals surface area (Å²) in [4.78, 5) is 9.11. The van der Waals surface area contributed by atoms with Crippen molar-refractivity contribution < 1.29 is 9.47 Å². The summed E-state index contributed by atoms with van der Waals surface area (Å²) in [7, 11) is 0. The maximum Gasteiger partial charge on any atom is 0.213 e. The van der Waals surface area contributed by atoms with Crippen molar-refractivity contribution in [1.29, 1.82) is 0 Å². The Labute approximate surface area is 183 Å². The summed E-state index contributed by atoms with van der Waals surface area (Å²) in [5.41, 5.74) is 6.07. The summed E-state index contributed by atoms with van der Waals surface area (Å²) in [6.07, 6.45) is 6.06. The van der Waals surface area contributed by atoms with E-state index in [0.29, 0.717) is 5.88 Å². The number of imidazole rings is 1. The number of hydrogen-bond acceptors (Lipinski definition) is 4. The molecule has 0 amide bonds. The van der Waals surface area contributed by atoms with E-state index in [0.717, 1.165) is 39.3 Å². The van der Waals surface area contributed by atoms with Gasteiger partial charge in [-0.25, -0.2) is 9.97 Å². The number of aryl methyl sites for hydroxylation is 1. The highest BCUT2D eigenvalue weighted by molar-refractivity contribution is 5.72. The molecule has 0 atom stereocenters. The van der Waals surface area contributed by atoms with Crippen molar-refractivity contribution in [2.24, 2.45) is 0 Å². The molecule has 0 saturated heterocycles. The van der Waals surface area contributed by atoms with Crippen molar-refractivity contribution in [1.82, 2.24) is 14.4 Å². The van der Waals surface area contributed by atoms with Crippen molar-refractivity contribution in [2.75, 3.05) is 0 Å². The first-order chi connectivity index (χ1) is 14.7. The Bertz CT molecular complexity index is 1180. The molecule has 0 spiro atoms. The van der Waals surface area contributed by atoms with Crippen molar-refractivity contribution in [3.63, 3.8) is 0 Å². The third-order valence-corrected chi connectivity index (χ3v) is 4.83. The fraction of sp³-hybridized carbons (Fsp3) is 0.308. The minimum Gasteiger partial charge on any atom is -0.491 e. The first kappa shape index (κ1) is 20.9. The predicted octanol–water partition coefficient (Wildman–Crippen LogP) is 6.34. The average molecular weight is 416 g/mol. The van der Waals surface area contributed by atoms with Gasteiger partial charge in [0.15, 0.2) is 0 Å². The van der Waals surface area contributed by atoms with Gasteiger partial charge in [-0.15, -0.1) is 0 Å². The zero-order valence-electron chi connectivity index (χ0n) is 19.0. The first-order valence-electron chi connectivity index (χ1n) is 10.6.